The van der Waals surface area contributed by atoms with Crippen molar-refractivity contribution in [1.29, 1.82) is 0 Å². The number of halogens is 1. The van der Waals surface area contributed by atoms with Crippen molar-refractivity contribution >= 4 is 28.9 Å². The first-order chi connectivity index (χ1) is 13.6. The minimum atomic E-state index is -0.334. The van der Waals surface area contributed by atoms with Gasteiger partial charge in [0, 0.05) is 29.4 Å². The van der Waals surface area contributed by atoms with E-state index in [0.29, 0.717) is 17.6 Å². The van der Waals surface area contributed by atoms with Crippen LogP contribution in [0.1, 0.15) is 42.5 Å². The molecule has 0 aliphatic carbocycles. The predicted octanol–water partition coefficient (Wildman–Crippen LogP) is 4.34. The molecule has 2 aliphatic heterocycles. The number of hydrogen-bond acceptors (Lipinski definition) is 2. The van der Waals surface area contributed by atoms with Crippen molar-refractivity contribution in [3.05, 3.63) is 66.0 Å². The van der Waals surface area contributed by atoms with E-state index in [1.807, 2.05) is 30.3 Å². The summed E-state index contributed by atoms with van der Waals surface area (Å²) in [6.07, 6.45) is 5.10. The number of carbonyl (C=O) groups is 1. The lowest BCUT2D eigenvalue weighted by atomic mass is 9.82. The molecule has 4 nitrogen and oxygen atoms in total. The molecule has 3 atom stereocenters. The van der Waals surface area contributed by atoms with Crippen LogP contribution in [-0.4, -0.2) is 34.0 Å². The van der Waals surface area contributed by atoms with Gasteiger partial charge in [-0.3, -0.25) is 4.79 Å². The molecule has 6 heteroatoms. The Bertz CT molecular complexity index is 829. The molecule has 2 heterocycles. The largest absolute Gasteiger partial charge is 0.349 e. The van der Waals surface area contributed by atoms with Crippen molar-refractivity contribution in [2.75, 3.05) is 5.32 Å². The summed E-state index contributed by atoms with van der Waals surface area (Å²) in [6, 6.07) is 16.5. The molecule has 0 aromatic heterocycles. The molecule has 146 valence electrons. The number of rotatable bonds is 3. The van der Waals surface area contributed by atoms with E-state index in [4.69, 9.17) is 12.2 Å². The van der Waals surface area contributed by atoms with Crippen molar-refractivity contribution in [2.45, 2.75) is 50.2 Å². The number of benzene rings is 2. The molecule has 0 saturated carbocycles. The molecule has 2 aliphatic rings. The van der Waals surface area contributed by atoms with Gasteiger partial charge in [-0.1, -0.05) is 18.2 Å². The number of para-hydroxylation sites is 1. The van der Waals surface area contributed by atoms with E-state index in [2.05, 4.69) is 15.5 Å². The molecule has 2 bridgehead atoms. The molecule has 2 aromatic carbocycles. The van der Waals surface area contributed by atoms with Crippen LogP contribution in [0.5, 0.6) is 0 Å². The normalized spacial score (nSPS) is 23.8. The van der Waals surface area contributed by atoms with Gasteiger partial charge in [0.05, 0.1) is 0 Å². The fourth-order valence-corrected chi connectivity index (χ4v) is 4.83. The monoisotopic (exact) mass is 397 g/mol. The highest BCUT2D eigenvalue weighted by atomic mass is 32.1. The first-order valence-corrected chi connectivity index (χ1v) is 10.2. The molecule has 2 N–H and O–H groups in total. The molecule has 2 fully saturated rings. The van der Waals surface area contributed by atoms with Gasteiger partial charge in [0.1, 0.15) is 5.82 Å². The Morgan fingerprint density at radius 1 is 1.00 bits per heavy atom. The molecule has 1 unspecified atom stereocenters. The van der Waals surface area contributed by atoms with Gasteiger partial charge >= 0.3 is 0 Å². The molecular weight excluding hydrogens is 373 g/mol. The van der Waals surface area contributed by atoms with Crippen molar-refractivity contribution in [1.82, 2.24) is 10.2 Å². The summed E-state index contributed by atoms with van der Waals surface area (Å²) in [4.78, 5) is 14.9. The smallest absolute Gasteiger partial charge is 0.251 e. The third kappa shape index (κ3) is 4.17. The van der Waals surface area contributed by atoms with Crippen LogP contribution < -0.4 is 10.6 Å². The minimum absolute atomic E-state index is 0.114. The van der Waals surface area contributed by atoms with Crippen LogP contribution in [0.4, 0.5) is 10.1 Å². The first kappa shape index (κ1) is 18.9. The van der Waals surface area contributed by atoms with Gasteiger partial charge in [0.25, 0.3) is 5.91 Å². The van der Waals surface area contributed by atoms with E-state index in [1.165, 1.54) is 30.7 Å². The highest BCUT2D eigenvalue weighted by molar-refractivity contribution is 7.80. The summed E-state index contributed by atoms with van der Waals surface area (Å²) < 4.78 is 13.1. The predicted molar refractivity (Wildman–Crippen MR) is 113 cm³/mol. The number of amides is 1. The summed E-state index contributed by atoms with van der Waals surface area (Å²) in [6.45, 7) is 0. The standard InChI is InChI=1S/C22H24FN3OS/c23-16-11-9-15(10-12-16)21(27)24-18-13-19-7-4-8-20(14-18)26(19)22(28)25-17-5-2-1-3-6-17/h1-3,5-6,9-12,18-20H,4,7-8,13-14H2,(H,24,27)(H,25,28)/t18?,19-,20+. The van der Waals surface area contributed by atoms with Crippen molar-refractivity contribution in [3.8, 4) is 0 Å². The number of piperidine rings is 2. The Morgan fingerprint density at radius 3 is 2.29 bits per heavy atom. The first-order valence-electron chi connectivity index (χ1n) is 9.81. The van der Waals surface area contributed by atoms with Crippen LogP contribution in [-0.2, 0) is 0 Å². The zero-order valence-electron chi connectivity index (χ0n) is 15.6. The van der Waals surface area contributed by atoms with Gasteiger partial charge in [-0.25, -0.2) is 4.39 Å². The van der Waals surface area contributed by atoms with Gasteiger partial charge in [-0.2, -0.15) is 0 Å². The number of hydrogen-bond donors (Lipinski definition) is 2. The van der Waals surface area contributed by atoms with Crippen molar-refractivity contribution in [3.63, 3.8) is 0 Å². The average molecular weight is 398 g/mol. The van der Waals surface area contributed by atoms with Gasteiger partial charge in [-0.05, 0) is 80.7 Å². The van der Waals surface area contributed by atoms with Crippen LogP contribution in [0.3, 0.4) is 0 Å². The summed E-state index contributed by atoms with van der Waals surface area (Å²) in [5.41, 5.74) is 1.49. The fraction of sp³-hybridized carbons (Fsp3) is 0.364. The third-order valence-electron chi connectivity index (χ3n) is 5.68. The van der Waals surface area contributed by atoms with Gasteiger partial charge in [-0.15, -0.1) is 0 Å². The molecule has 4 rings (SSSR count). The Balaban J connectivity index is 1.41. The lowest BCUT2D eigenvalue weighted by Crippen LogP contribution is -2.59. The number of nitrogens with one attached hydrogen (secondary N) is 2. The fourth-order valence-electron chi connectivity index (χ4n) is 4.41. The summed E-state index contributed by atoms with van der Waals surface area (Å²) in [5, 5.41) is 7.27. The second-order valence-electron chi connectivity index (χ2n) is 7.59. The van der Waals surface area contributed by atoms with Crippen LogP contribution in [0, 0.1) is 5.82 Å². The van der Waals surface area contributed by atoms with E-state index in [1.54, 1.807) is 0 Å². The van der Waals surface area contributed by atoms with Crippen LogP contribution in [0.2, 0.25) is 0 Å². The quantitative estimate of drug-likeness (QED) is 0.757. The van der Waals surface area contributed by atoms with Crippen LogP contribution in [0.25, 0.3) is 0 Å². The Morgan fingerprint density at radius 2 is 1.64 bits per heavy atom. The zero-order chi connectivity index (χ0) is 19.5. The highest BCUT2D eigenvalue weighted by Gasteiger charge is 2.40. The lowest BCUT2D eigenvalue weighted by Gasteiger charge is -2.50. The summed E-state index contributed by atoms with van der Waals surface area (Å²) in [5.74, 6) is -0.472. The topological polar surface area (TPSA) is 44.4 Å². The third-order valence-corrected chi connectivity index (χ3v) is 5.99. The van der Waals surface area contributed by atoms with E-state index in [9.17, 15) is 9.18 Å². The maximum atomic E-state index is 13.1. The summed E-state index contributed by atoms with van der Waals surface area (Å²) in [7, 11) is 0. The number of carbonyl (C=O) groups excluding carboxylic acids is 1. The Labute approximate surface area is 170 Å². The maximum absolute atomic E-state index is 13.1. The highest BCUT2D eigenvalue weighted by Crippen LogP contribution is 2.34. The Hall–Kier alpha value is -2.47. The Kier molecular flexibility index (Phi) is 5.57. The molecule has 28 heavy (non-hydrogen) atoms. The number of thiocarbonyl (C=S) groups is 1. The van der Waals surface area contributed by atoms with E-state index < -0.39 is 0 Å². The number of anilines is 1. The number of nitrogens with zero attached hydrogens (tertiary/aromatic N) is 1. The molecule has 0 spiro atoms. The molecule has 0 radical (unpaired) electrons. The second-order valence-corrected chi connectivity index (χ2v) is 7.98. The van der Waals surface area contributed by atoms with Crippen LogP contribution in [0.15, 0.2) is 54.6 Å². The zero-order valence-corrected chi connectivity index (χ0v) is 16.4. The van der Waals surface area contributed by atoms with E-state index in [0.717, 1.165) is 36.5 Å². The molecule has 1 amide bonds. The van der Waals surface area contributed by atoms with Crippen molar-refractivity contribution < 1.29 is 9.18 Å². The average Bonchev–Trinajstić information content (AvgIpc) is 2.68. The minimum Gasteiger partial charge on any atom is -0.349 e. The van der Waals surface area contributed by atoms with E-state index >= 15 is 0 Å². The van der Waals surface area contributed by atoms with Gasteiger partial charge < -0.3 is 15.5 Å². The maximum Gasteiger partial charge on any atom is 0.251 e. The second kappa shape index (κ2) is 8.27. The van der Waals surface area contributed by atoms with Gasteiger partial charge in [0.2, 0.25) is 0 Å². The van der Waals surface area contributed by atoms with Gasteiger partial charge in [0.15, 0.2) is 5.11 Å². The van der Waals surface area contributed by atoms with Crippen molar-refractivity contribution in [2.24, 2.45) is 0 Å². The van der Waals surface area contributed by atoms with Crippen LogP contribution >= 0.6 is 12.2 Å². The SMILES string of the molecule is O=C(NC1C[C@H]2CCC[C@@H](C1)N2C(=S)Nc1ccccc1)c1ccc(F)cc1. The molecular formula is C22H24FN3OS. The number of fused-ring (bicyclic) bond motifs is 2. The van der Waals surface area contributed by atoms with E-state index in [-0.39, 0.29) is 17.8 Å². The molecule has 2 aromatic rings. The summed E-state index contributed by atoms with van der Waals surface area (Å²) >= 11 is 5.72. The molecule has 2 saturated heterocycles. The lowest BCUT2D eigenvalue weighted by molar-refractivity contribution is 0.0755.